The topological polar surface area (TPSA) is 47.6 Å². The zero-order valence-electron chi connectivity index (χ0n) is 16.5. The molecule has 0 saturated heterocycles. The minimum absolute atomic E-state index is 0.0823. The summed E-state index contributed by atoms with van der Waals surface area (Å²) in [5.74, 6) is 1.27. The van der Waals surface area contributed by atoms with Gasteiger partial charge in [0.05, 0.1) is 13.2 Å². The lowest BCUT2D eigenvalue weighted by Crippen LogP contribution is -2.28. The van der Waals surface area contributed by atoms with Gasteiger partial charge in [0.15, 0.2) is 0 Å². The highest BCUT2D eigenvalue weighted by Gasteiger charge is 2.15. The van der Waals surface area contributed by atoms with Crippen molar-refractivity contribution >= 4 is 17.5 Å². The number of nitrogens with one attached hydrogen (secondary N) is 1. The van der Waals surface area contributed by atoms with Gasteiger partial charge in [-0.2, -0.15) is 0 Å². The van der Waals surface area contributed by atoms with E-state index in [0.717, 1.165) is 23.3 Å². The van der Waals surface area contributed by atoms with Gasteiger partial charge >= 0.3 is 0 Å². The number of ether oxygens (including phenoxy) is 2. The van der Waals surface area contributed by atoms with Crippen LogP contribution in [0.1, 0.15) is 40.9 Å². The minimum Gasteiger partial charge on any atom is -0.497 e. The summed E-state index contributed by atoms with van der Waals surface area (Å²) in [6, 6.07) is 22.3. The van der Waals surface area contributed by atoms with Crippen LogP contribution < -0.4 is 14.8 Å². The molecule has 3 aromatic rings. The molecule has 3 rings (SSSR count). The normalized spacial score (nSPS) is 11.6. The van der Waals surface area contributed by atoms with Gasteiger partial charge in [-0.05, 0) is 48.4 Å². The fourth-order valence-electron chi connectivity index (χ4n) is 3.00. The van der Waals surface area contributed by atoms with Crippen LogP contribution in [0.4, 0.5) is 0 Å². The van der Waals surface area contributed by atoms with Crippen molar-refractivity contribution in [2.24, 2.45) is 0 Å². The van der Waals surface area contributed by atoms with Crippen LogP contribution in [0.5, 0.6) is 11.5 Å². The standard InChI is InChI=1S/C24H24ClNO3/c1-3-23(17-11-13-20(28-2)14-12-17)26-24(27)18-8-6-9-21(15-18)29-16-19-7-4-5-10-22(19)25/h4-15,23H,3,16H2,1-2H3,(H,26,27)/t23-/m0/s1. The summed E-state index contributed by atoms with van der Waals surface area (Å²) in [4.78, 5) is 12.8. The number of rotatable bonds is 8. The summed E-state index contributed by atoms with van der Waals surface area (Å²) >= 11 is 6.17. The second-order valence-electron chi connectivity index (χ2n) is 6.62. The van der Waals surface area contributed by atoms with E-state index in [9.17, 15) is 4.79 Å². The quantitative estimate of drug-likeness (QED) is 0.510. The number of methoxy groups -OCH3 is 1. The van der Waals surface area contributed by atoms with Crippen LogP contribution in [0.25, 0.3) is 0 Å². The molecule has 3 aromatic carbocycles. The predicted molar refractivity (Wildman–Crippen MR) is 116 cm³/mol. The number of benzene rings is 3. The largest absolute Gasteiger partial charge is 0.497 e. The van der Waals surface area contributed by atoms with Crippen molar-refractivity contribution in [3.05, 3.63) is 94.5 Å². The van der Waals surface area contributed by atoms with E-state index in [1.807, 2.05) is 67.6 Å². The Kier molecular flexibility index (Phi) is 7.14. The number of carbonyl (C=O) groups excluding carboxylic acids is 1. The predicted octanol–water partition coefficient (Wildman–Crippen LogP) is 5.81. The molecule has 0 heterocycles. The van der Waals surface area contributed by atoms with E-state index in [0.29, 0.717) is 22.9 Å². The Labute approximate surface area is 176 Å². The van der Waals surface area contributed by atoms with Crippen molar-refractivity contribution in [3.63, 3.8) is 0 Å². The van der Waals surface area contributed by atoms with Gasteiger partial charge in [-0.3, -0.25) is 4.79 Å². The first kappa shape index (κ1) is 20.7. The maximum atomic E-state index is 12.8. The molecule has 0 radical (unpaired) electrons. The van der Waals surface area contributed by atoms with Gasteiger partial charge in [0.2, 0.25) is 0 Å². The van der Waals surface area contributed by atoms with Gasteiger partial charge in [0.1, 0.15) is 18.1 Å². The lowest BCUT2D eigenvalue weighted by Gasteiger charge is -2.18. The molecule has 150 valence electrons. The molecule has 4 nitrogen and oxygen atoms in total. The Morgan fingerprint density at radius 3 is 2.45 bits per heavy atom. The highest BCUT2D eigenvalue weighted by atomic mass is 35.5. The van der Waals surface area contributed by atoms with E-state index in [4.69, 9.17) is 21.1 Å². The van der Waals surface area contributed by atoms with Crippen LogP contribution in [0, 0.1) is 0 Å². The Morgan fingerprint density at radius 2 is 1.76 bits per heavy atom. The molecule has 1 amide bonds. The molecule has 0 saturated carbocycles. The smallest absolute Gasteiger partial charge is 0.251 e. The number of halogens is 1. The Bertz CT molecular complexity index is 956. The molecule has 0 spiro atoms. The third-order valence-corrected chi connectivity index (χ3v) is 5.05. The van der Waals surface area contributed by atoms with Crippen LogP contribution in [-0.4, -0.2) is 13.0 Å². The molecule has 1 atom stereocenters. The fourth-order valence-corrected chi connectivity index (χ4v) is 3.19. The van der Waals surface area contributed by atoms with Crippen molar-refractivity contribution in [1.82, 2.24) is 5.32 Å². The van der Waals surface area contributed by atoms with Gasteiger partial charge in [-0.25, -0.2) is 0 Å². The van der Waals surface area contributed by atoms with Gasteiger partial charge < -0.3 is 14.8 Å². The fraction of sp³-hybridized carbons (Fsp3) is 0.208. The molecule has 0 unspecified atom stereocenters. The van der Waals surface area contributed by atoms with Crippen molar-refractivity contribution in [3.8, 4) is 11.5 Å². The van der Waals surface area contributed by atoms with Crippen LogP contribution in [-0.2, 0) is 6.61 Å². The second-order valence-corrected chi connectivity index (χ2v) is 7.02. The summed E-state index contributed by atoms with van der Waals surface area (Å²) in [6.07, 6.45) is 0.779. The van der Waals surface area contributed by atoms with E-state index >= 15 is 0 Å². The van der Waals surface area contributed by atoms with E-state index in [1.165, 1.54) is 0 Å². The first-order chi connectivity index (χ1) is 14.1. The monoisotopic (exact) mass is 409 g/mol. The van der Waals surface area contributed by atoms with Crippen molar-refractivity contribution in [2.75, 3.05) is 7.11 Å². The third kappa shape index (κ3) is 5.52. The third-order valence-electron chi connectivity index (χ3n) is 4.68. The van der Waals surface area contributed by atoms with Crippen LogP contribution >= 0.6 is 11.6 Å². The Morgan fingerprint density at radius 1 is 1.00 bits per heavy atom. The van der Waals surface area contributed by atoms with E-state index in [1.54, 1.807) is 19.2 Å². The molecule has 5 heteroatoms. The minimum atomic E-state index is -0.143. The lowest BCUT2D eigenvalue weighted by atomic mass is 10.0. The van der Waals surface area contributed by atoms with Crippen molar-refractivity contribution in [1.29, 1.82) is 0 Å². The van der Waals surface area contributed by atoms with Gasteiger partial charge in [0, 0.05) is 16.1 Å². The Balaban J connectivity index is 1.67. The molecule has 0 aliphatic carbocycles. The molecule has 0 bridgehead atoms. The first-order valence-corrected chi connectivity index (χ1v) is 9.89. The van der Waals surface area contributed by atoms with Gasteiger partial charge in [-0.1, -0.05) is 54.9 Å². The zero-order valence-corrected chi connectivity index (χ0v) is 17.3. The highest BCUT2D eigenvalue weighted by Crippen LogP contribution is 2.22. The number of hydrogen-bond acceptors (Lipinski definition) is 3. The molecular formula is C24H24ClNO3. The average Bonchev–Trinajstić information content (AvgIpc) is 2.77. The summed E-state index contributed by atoms with van der Waals surface area (Å²) in [6.45, 7) is 2.38. The van der Waals surface area contributed by atoms with E-state index in [2.05, 4.69) is 5.32 Å². The van der Waals surface area contributed by atoms with E-state index < -0.39 is 0 Å². The molecule has 29 heavy (non-hydrogen) atoms. The second kappa shape index (κ2) is 9.99. The lowest BCUT2D eigenvalue weighted by molar-refractivity contribution is 0.0935. The maximum Gasteiger partial charge on any atom is 0.251 e. The number of amides is 1. The van der Waals surface area contributed by atoms with Gasteiger partial charge in [0.25, 0.3) is 5.91 Å². The van der Waals surface area contributed by atoms with Crippen LogP contribution in [0.2, 0.25) is 5.02 Å². The van der Waals surface area contributed by atoms with Crippen molar-refractivity contribution in [2.45, 2.75) is 26.0 Å². The zero-order chi connectivity index (χ0) is 20.6. The molecule has 0 aliphatic rings. The van der Waals surface area contributed by atoms with Gasteiger partial charge in [-0.15, -0.1) is 0 Å². The number of hydrogen-bond donors (Lipinski definition) is 1. The molecular weight excluding hydrogens is 386 g/mol. The highest BCUT2D eigenvalue weighted by molar-refractivity contribution is 6.31. The van der Waals surface area contributed by atoms with Crippen LogP contribution in [0.3, 0.4) is 0 Å². The maximum absolute atomic E-state index is 12.8. The van der Waals surface area contributed by atoms with Crippen molar-refractivity contribution < 1.29 is 14.3 Å². The SMILES string of the molecule is CC[C@H](NC(=O)c1cccc(OCc2ccccc2Cl)c1)c1ccc(OC)cc1. The molecule has 0 aliphatic heterocycles. The summed E-state index contributed by atoms with van der Waals surface area (Å²) < 4.78 is 11.0. The van der Waals surface area contributed by atoms with E-state index in [-0.39, 0.29) is 11.9 Å². The van der Waals surface area contributed by atoms with Crippen LogP contribution in [0.15, 0.2) is 72.8 Å². The summed E-state index contributed by atoms with van der Waals surface area (Å²) in [7, 11) is 1.63. The molecule has 0 fully saturated rings. The summed E-state index contributed by atoms with van der Waals surface area (Å²) in [5, 5.41) is 3.75. The first-order valence-electron chi connectivity index (χ1n) is 9.51. The molecule has 0 aromatic heterocycles. The molecule has 1 N–H and O–H groups in total. The summed E-state index contributed by atoms with van der Waals surface area (Å²) in [5.41, 5.74) is 2.48. The average molecular weight is 410 g/mol. The number of carbonyl (C=O) groups is 1. The Hall–Kier alpha value is -2.98.